The van der Waals surface area contributed by atoms with Crippen LogP contribution in [0.5, 0.6) is 5.75 Å². The molecule has 2 aliphatic heterocycles. The van der Waals surface area contributed by atoms with Gasteiger partial charge in [-0.3, -0.25) is 4.79 Å². The van der Waals surface area contributed by atoms with Gasteiger partial charge in [-0.05, 0) is 41.3 Å². The van der Waals surface area contributed by atoms with Gasteiger partial charge < -0.3 is 9.64 Å². The van der Waals surface area contributed by atoms with Crippen LogP contribution in [-0.2, 0) is 11.2 Å². The van der Waals surface area contributed by atoms with Gasteiger partial charge in [0.2, 0.25) is 5.91 Å². The van der Waals surface area contributed by atoms with E-state index < -0.39 is 0 Å². The van der Waals surface area contributed by atoms with Crippen LogP contribution in [0.4, 0.5) is 0 Å². The summed E-state index contributed by atoms with van der Waals surface area (Å²) in [5.41, 5.74) is 4.45. The van der Waals surface area contributed by atoms with Crippen molar-refractivity contribution in [3.8, 4) is 16.9 Å². The summed E-state index contributed by atoms with van der Waals surface area (Å²) in [5.74, 6) is 1.18. The Morgan fingerprint density at radius 3 is 2.32 bits per heavy atom. The average molecular weight is 410 g/mol. The summed E-state index contributed by atoms with van der Waals surface area (Å²) >= 11 is 0. The SMILES string of the molecule is O=C(CCc1ccccc1)N1CCC2(C=Cc3cc(-c4ccccc4)ccc3O2)CC1. The second-order valence-electron chi connectivity index (χ2n) is 8.49. The van der Waals surface area contributed by atoms with Crippen molar-refractivity contribution in [1.29, 1.82) is 0 Å². The highest BCUT2D eigenvalue weighted by Gasteiger charge is 2.37. The first kappa shape index (κ1) is 19.6. The van der Waals surface area contributed by atoms with E-state index in [0.29, 0.717) is 6.42 Å². The fraction of sp³-hybridized carbons (Fsp3) is 0.250. The number of rotatable bonds is 4. The molecule has 0 saturated carbocycles. The van der Waals surface area contributed by atoms with Crippen molar-refractivity contribution in [3.05, 3.63) is 96.1 Å². The lowest BCUT2D eigenvalue weighted by molar-refractivity contribution is -0.133. The number of benzene rings is 3. The van der Waals surface area contributed by atoms with Gasteiger partial charge in [0.15, 0.2) is 0 Å². The molecule has 1 saturated heterocycles. The van der Waals surface area contributed by atoms with Gasteiger partial charge in [0.25, 0.3) is 0 Å². The Labute approximate surface area is 184 Å². The smallest absolute Gasteiger partial charge is 0.222 e. The maximum atomic E-state index is 12.7. The lowest BCUT2D eigenvalue weighted by Gasteiger charge is -2.42. The molecule has 0 radical (unpaired) electrons. The zero-order chi connectivity index (χ0) is 21.1. The molecule has 3 nitrogen and oxygen atoms in total. The standard InChI is InChI=1S/C28H27NO2/c30-27(14-11-22-7-3-1-4-8-22)29-19-17-28(18-20-29)16-15-25-21-24(12-13-26(25)31-28)23-9-5-2-6-10-23/h1-10,12-13,15-16,21H,11,14,17-20H2. The molecule has 0 atom stereocenters. The van der Waals surface area contributed by atoms with Crippen molar-refractivity contribution in [2.45, 2.75) is 31.3 Å². The molecule has 2 aliphatic rings. The van der Waals surface area contributed by atoms with Crippen molar-refractivity contribution >= 4 is 12.0 Å². The highest BCUT2D eigenvalue weighted by Crippen LogP contribution is 2.38. The highest BCUT2D eigenvalue weighted by molar-refractivity contribution is 5.77. The van der Waals surface area contributed by atoms with Crippen LogP contribution in [0.15, 0.2) is 84.9 Å². The summed E-state index contributed by atoms with van der Waals surface area (Å²) < 4.78 is 6.48. The summed E-state index contributed by atoms with van der Waals surface area (Å²) in [5, 5.41) is 0. The lowest BCUT2D eigenvalue weighted by Crippen LogP contribution is -2.49. The predicted molar refractivity (Wildman–Crippen MR) is 125 cm³/mol. The molecule has 31 heavy (non-hydrogen) atoms. The van der Waals surface area contributed by atoms with E-state index in [1.165, 1.54) is 16.7 Å². The third-order valence-electron chi connectivity index (χ3n) is 6.43. The van der Waals surface area contributed by atoms with Gasteiger partial charge in [0.05, 0.1) is 0 Å². The van der Waals surface area contributed by atoms with E-state index >= 15 is 0 Å². The topological polar surface area (TPSA) is 29.5 Å². The largest absolute Gasteiger partial charge is 0.482 e. The molecule has 0 N–H and O–H groups in total. The maximum absolute atomic E-state index is 12.7. The number of amides is 1. The summed E-state index contributed by atoms with van der Waals surface area (Å²) in [6, 6.07) is 27.0. The van der Waals surface area contributed by atoms with Gasteiger partial charge in [0.1, 0.15) is 11.4 Å². The minimum Gasteiger partial charge on any atom is -0.482 e. The molecule has 0 aromatic heterocycles. The van der Waals surface area contributed by atoms with E-state index in [1.807, 2.05) is 29.2 Å². The zero-order valence-corrected chi connectivity index (χ0v) is 17.7. The van der Waals surface area contributed by atoms with E-state index in [2.05, 4.69) is 66.7 Å². The number of hydrogen-bond acceptors (Lipinski definition) is 2. The van der Waals surface area contributed by atoms with Crippen molar-refractivity contribution in [1.82, 2.24) is 4.90 Å². The van der Waals surface area contributed by atoms with E-state index in [1.54, 1.807) is 0 Å². The van der Waals surface area contributed by atoms with Gasteiger partial charge in [-0.25, -0.2) is 0 Å². The quantitative estimate of drug-likeness (QED) is 0.549. The molecule has 3 heteroatoms. The number of hydrogen-bond donors (Lipinski definition) is 0. The molecule has 1 spiro atoms. The van der Waals surface area contributed by atoms with Gasteiger partial charge in [0, 0.05) is 37.9 Å². The Morgan fingerprint density at radius 1 is 0.871 bits per heavy atom. The third kappa shape index (κ3) is 4.27. The summed E-state index contributed by atoms with van der Waals surface area (Å²) in [4.78, 5) is 14.7. The average Bonchev–Trinajstić information content (AvgIpc) is 2.84. The van der Waals surface area contributed by atoms with Crippen molar-refractivity contribution in [2.24, 2.45) is 0 Å². The Hall–Kier alpha value is -3.33. The maximum Gasteiger partial charge on any atom is 0.222 e. The molecule has 3 aromatic carbocycles. The molecule has 0 aliphatic carbocycles. The molecular formula is C28H27NO2. The second-order valence-corrected chi connectivity index (χ2v) is 8.49. The number of ether oxygens (including phenoxy) is 1. The van der Waals surface area contributed by atoms with Crippen LogP contribution in [0.25, 0.3) is 17.2 Å². The lowest BCUT2D eigenvalue weighted by atomic mass is 9.87. The molecule has 156 valence electrons. The van der Waals surface area contributed by atoms with Crippen molar-refractivity contribution in [2.75, 3.05) is 13.1 Å². The minimum absolute atomic E-state index is 0.242. The number of piperidine rings is 1. The monoisotopic (exact) mass is 409 g/mol. The summed E-state index contributed by atoms with van der Waals surface area (Å²) in [6.07, 6.45) is 7.43. The first-order valence-electron chi connectivity index (χ1n) is 11.1. The summed E-state index contributed by atoms with van der Waals surface area (Å²) in [6.45, 7) is 1.49. The van der Waals surface area contributed by atoms with E-state index in [4.69, 9.17) is 4.74 Å². The Bertz CT molecular complexity index is 1080. The molecule has 2 heterocycles. The van der Waals surface area contributed by atoms with Crippen LogP contribution in [0.1, 0.15) is 30.4 Å². The van der Waals surface area contributed by atoms with Gasteiger partial charge in [-0.2, -0.15) is 0 Å². The second kappa shape index (κ2) is 8.43. The van der Waals surface area contributed by atoms with Crippen LogP contribution >= 0.6 is 0 Å². The van der Waals surface area contributed by atoms with Gasteiger partial charge >= 0.3 is 0 Å². The van der Waals surface area contributed by atoms with E-state index in [9.17, 15) is 4.79 Å². The highest BCUT2D eigenvalue weighted by atomic mass is 16.5. The van der Waals surface area contributed by atoms with Crippen molar-refractivity contribution in [3.63, 3.8) is 0 Å². The molecule has 0 unspecified atom stereocenters. The predicted octanol–water partition coefficient (Wildman–Crippen LogP) is 5.75. The first-order chi connectivity index (χ1) is 15.2. The Kier molecular flexibility index (Phi) is 5.33. The molecular weight excluding hydrogens is 382 g/mol. The van der Waals surface area contributed by atoms with Crippen LogP contribution < -0.4 is 4.74 Å². The zero-order valence-electron chi connectivity index (χ0n) is 17.7. The minimum atomic E-state index is -0.294. The number of carbonyl (C=O) groups is 1. The third-order valence-corrected chi connectivity index (χ3v) is 6.43. The number of fused-ring (bicyclic) bond motifs is 1. The number of nitrogens with zero attached hydrogens (tertiary/aromatic N) is 1. The number of likely N-dealkylation sites (tertiary alicyclic amines) is 1. The number of carbonyl (C=O) groups excluding carboxylic acids is 1. The summed E-state index contributed by atoms with van der Waals surface area (Å²) in [7, 11) is 0. The first-order valence-corrected chi connectivity index (χ1v) is 11.1. The van der Waals surface area contributed by atoms with Gasteiger partial charge in [-0.1, -0.05) is 72.8 Å². The molecule has 0 bridgehead atoms. The fourth-order valence-electron chi connectivity index (χ4n) is 4.53. The Balaban J connectivity index is 1.21. The molecule has 1 fully saturated rings. The Morgan fingerprint density at radius 2 is 1.58 bits per heavy atom. The van der Waals surface area contributed by atoms with Crippen LogP contribution in [-0.4, -0.2) is 29.5 Å². The normalized spacial score (nSPS) is 16.6. The fourth-order valence-corrected chi connectivity index (χ4v) is 4.53. The van der Waals surface area contributed by atoms with Crippen LogP contribution in [0.3, 0.4) is 0 Å². The van der Waals surface area contributed by atoms with E-state index in [-0.39, 0.29) is 11.5 Å². The number of aryl methyl sites for hydroxylation is 1. The van der Waals surface area contributed by atoms with Gasteiger partial charge in [-0.15, -0.1) is 0 Å². The van der Waals surface area contributed by atoms with Crippen LogP contribution in [0.2, 0.25) is 0 Å². The molecule has 1 amide bonds. The molecule has 5 rings (SSSR count). The molecule has 3 aromatic rings. The van der Waals surface area contributed by atoms with Crippen molar-refractivity contribution < 1.29 is 9.53 Å². The van der Waals surface area contributed by atoms with E-state index in [0.717, 1.165) is 43.7 Å². The van der Waals surface area contributed by atoms with Crippen LogP contribution in [0, 0.1) is 0 Å².